The summed E-state index contributed by atoms with van der Waals surface area (Å²) in [5.74, 6) is 0. The highest BCUT2D eigenvalue weighted by atomic mass is 35.5. The molecule has 0 aliphatic rings. The molecule has 0 aromatic heterocycles. The van der Waals surface area contributed by atoms with Crippen LogP contribution in [-0.4, -0.2) is 11.7 Å². The van der Waals surface area contributed by atoms with Crippen molar-refractivity contribution >= 4 is 34.6 Å². The first kappa shape index (κ1) is 16.0. The van der Waals surface area contributed by atoms with Gasteiger partial charge in [0.1, 0.15) is 0 Å². The molecule has 1 rings (SSSR count). The fraction of sp³-hybridized carbons (Fsp3) is 0.417. The molecule has 0 aliphatic heterocycles. The molecule has 7 heteroatoms. The number of nitrogens with one attached hydrogen (secondary N) is 2. The van der Waals surface area contributed by atoms with Gasteiger partial charge in [0.15, 0.2) is 5.11 Å². The highest BCUT2D eigenvalue weighted by Crippen LogP contribution is 2.36. The Hall–Kier alpha value is -1.01. The van der Waals surface area contributed by atoms with Crippen molar-refractivity contribution in [2.45, 2.75) is 25.9 Å². The quantitative estimate of drug-likeness (QED) is 0.635. The van der Waals surface area contributed by atoms with E-state index in [1.54, 1.807) is 0 Å². The van der Waals surface area contributed by atoms with Gasteiger partial charge >= 0.3 is 6.18 Å². The van der Waals surface area contributed by atoms with Crippen LogP contribution in [0.15, 0.2) is 18.2 Å². The summed E-state index contributed by atoms with van der Waals surface area (Å²) in [6.45, 7) is 2.72. The SMILES string of the molecule is CCCCNC(=S)Nc1ccc(Cl)c(C(F)(F)F)c1. The van der Waals surface area contributed by atoms with E-state index in [9.17, 15) is 13.2 Å². The number of alkyl halides is 3. The molecule has 2 N–H and O–H groups in total. The third-order valence-electron chi connectivity index (χ3n) is 2.35. The van der Waals surface area contributed by atoms with E-state index < -0.39 is 11.7 Å². The predicted molar refractivity (Wildman–Crippen MR) is 75.6 cm³/mol. The van der Waals surface area contributed by atoms with E-state index in [2.05, 4.69) is 10.6 Å². The Kier molecular flexibility index (Phi) is 5.87. The Balaban J connectivity index is 2.72. The number of anilines is 1. The number of hydrogen-bond donors (Lipinski definition) is 2. The first-order chi connectivity index (χ1) is 8.84. The van der Waals surface area contributed by atoms with E-state index in [-0.39, 0.29) is 10.7 Å². The number of halogens is 4. The zero-order valence-electron chi connectivity index (χ0n) is 10.3. The van der Waals surface area contributed by atoms with Crippen LogP contribution in [0.1, 0.15) is 25.3 Å². The Morgan fingerprint density at radius 2 is 2.05 bits per heavy atom. The van der Waals surface area contributed by atoms with Crippen LogP contribution in [0.2, 0.25) is 5.02 Å². The lowest BCUT2D eigenvalue weighted by Crippen LogP contribution is -2.29. The Morgan fingerprint density at radius 3 is 2.63 bits per heavy atom. The van der Waals surface area contributed by atoms with Crippen LogP contribution in [0, 0.1) is 0 Å². The molecule has 19 heavy (non-hydrogen) atoms. The number of rotatable bonds is 4. The first-order valence-corrected chi connectivity index (χ1v) is 6.54. The third kappa shape index (κ3) is 5.24. The monoisotopic (exact) mass is 310 g/mol. The van der Waals surface area contributed by atoms with Gasteiger partial charge in [-0.1, -0.05) is 24.9 Å². The van der Waals surface area contributed by atoms with Gasteiger partial charge in [-0.05, 0) is 36.8 Å². The van der Waals surface area contributed by atoms with Crippen molar-refractivity contribution in [3.63, 3.8) is 0 Å². The molecule has 1 aromatic rings. The molecule has 0 aliphatic carbocycles. The lowest BCUT2D eigenvalue weighted by molar-refractivity contribution is -0.137. The second-order valence-electron chi connectivity index (χ2n) is 3.93. The van der Waals surface area contributed by atoms with Gasteiger partial charge in [-0.25, -0.2) is 0 Å². The summed E-state index contributed by atoms with van der Waals surface area (Å²) in [7, 11) is 0. The largest absolute Gasteiger partial charge is 0.417 e. The summed E-state index contributed by atoms with van der Waals surface area (Å²) < 4.78 is 38.0. The summed E-state index contributed by atoms with van der Waals surface area (Å²) >= 11 is 10.5. The number of thiocarbonyl (C=S) groups is 1. The van der Waals surface area contributed by atoms with Crippen LogP contribution in [0.25, 0.3) is 0 Å². The summed E-state index contributed by atoms with van der Waals surface area (Å²) in [5, 5.41) is 5.58. The molecular weight excluding hydrogens is 297 g/mol. The van der Waals surface area contributed by atoms with Crippen molar-refractivity contribution in [2.75, 3.05) is 11.9 Å². The van der Waals surface area contributed by atoms with Crippen molar-refractivity contribution in [3.05, 3.63) is 28.8 Å². The van der Waals surface area contributed by atoms with E-state index in [0.717, 1.165) is 18.9 Å². The summed E-state index contributed by atoms with van der Waals surface area (Å²) in [4.78, 5) is 0. The molecule has 1 aromatic carbocycles. The van der Waals surface area contributed by atoms with Gasteiger partial charge in [-0.2, -0.15) is 13.2 Å². The molecule has 0 saturated carbocycles. The van der Waals surface area contributed by atoms with Gasteiger partial charge < -0.3 is 10.6 Å². The molecule has 2 nitrogen and oxygen atoms in total. The van der Waals surface area contributed by atoms with E-state index in [4.69, 9.17) is 23.8 Å². The molecule has 0 unspecified atom stereocenters. The van der Waals surface area contributed by atoms with Crippen LogP contribution in [-0.2, 0) is 6.18 Å². The zero-order chi connectivity index (χ0) is 14.5. The van der Waals surface area contributed by atoms with E-state index in [1.165, 1.54) is 12.1 Å². The molecule has 0 spiro atoms. The van der Waals surface area contributed by atoms with Crippen molar-refractivity contribution in [3.8, 4) is 0 Å². The Labute approximate surface area is 120 Å². The van der Waals surface area contributed by atoms with Gasteiger partial charge in [0.05, 0.1) is 10.6 Å². The summed E-state index contributed by atoms with van der Waals surface area (Å²) in [5.41, 5.74) is -0.624. The molecule has 0 radical (unpaired) electrons. The topological polar surface area (TPSA) is 24.1 Å². The van der Waals surface area contributed by atoms with Crippen molar-refractivity contribution < 1.29 is 13.2 Å². The molecule has 106 valence electrons. The predicted octanol–water partition coefficient (Wildman–Crippen LogP) is 4.45. The van der Waals surface area contributed by atoms with Crippen LogP contribution in [0.5, 0.6) is 0 Å². The molecule has 0 heterocycles. The second kappa shape index (κ2) is 6.96. The van der Waals surface area contributed by atoms with Crippen LogP contribution in [0.3, 0.4) is 0 Å². The van der Waals surface area contributed by atoms with Crippen molar-refractivity contribution in [2.24, 2.45) is 0 Å². The van der Waals surface area contributed by atoms with E-state index in [0.29, 0.717) is 11.7 Å². The molecule has 0 bridgehead atoms. The minimum Gasteiger partial charge on any atom is -0.362 e. The molecule has 0 saturated heterocycles. The second-order valence-corrected chi connectivity index (χ2v) is 4.74. The number of hydrogen-bond acceptors (Lipinski definition) is 1. The maximum atomic E-state index is 12.7. The van der Waals surface area contributed by atoms with Crippen LogP contribution in [0.4, 0.5) is 18.9 Å². The Morgan fingerprint density at radius 1 is 1.37 bits per heavy atom. The standard InChI is InChI=1S/C12H14ClF3N2S/c1-2-3-6-17-11(19)18-8-4-5-10(13)9(7-8)12(14,15)16/h4-5,7H,2-3,6H2,1H3,(H2,17,18,19). The minimum absolute atomic E-state index is 0.255. The number of unbranched alkanes of at least 4 members (excludes halogenated alkanes) is 1. The normalized spacial score (nSPS) is 11.2. The molecule has 0 fully saturated rings. The third-order valence-corrected chi connectivity index (χ3v) is 2.92. The zero-order valence-corrected chi connectivity index (χ0v) is 11.8. The fourth-order valence-electron chi connectivity index (χ4n) is 1.37. The number of benzene rings is 1. The molecule has 0 amide bonds. The van der Waals surface area contributed by atoms with Gasteiger partial charge in [0, 0.05) is 12.2 Å². The molecular formula is C12H14ClF3N2S. The maximum absolute atomic E-state index is 12.7. The highest BCUT2D eigenvalue weighted by Gasteiger charge is 2.33. The van der Waals surface area contributed by atoms with Crippen LogP contribution >= 0.6 is 23.8 Å². The average molecular weight is 311 g/mol. The van der Waals surface area contributed by atoms with Crippen molar-refractivity contribution in [1.29, 1.82) is 0 Å². The van der Waals surface area contributed by atoms with Gasteiger partial charge in [0.25, 0.3) is 0 Å². The van der Waals surface area contributed by atoms with E-state index in [1.807, 2.05) is 6.92 Å². The smallest absolute Gasteiger partial charge is 0.362 e. The fourth-order valence-corrected chi connectivity index (χ4v) is 1.82. The summed E-state index contributed by atoms with van der Waals surface area (Å²) in [6.07, 6.45) is -2.53. The van der Waals surface area contributed by atoms with Gasteiger partial charge in [-0.3, -0.25) is 0 Å². The maximum Gasteiger partial charge on any atom is 0.417 e. The highest BCUT2D eigenvalue weighted by molar-refractivity contribution is 7.80. The Bertz CT molecular complexity index is 449. The molecule has 0 atom stereocenters. The first-order valence-electron chi connectivity index (χ1n) is 5.76. The lowest BCUT2D eigenvalue weighted by Gasteiger charge is -2.13. The average Bonchev–Trinajstić information content (AvgIpc) is 2.30. The van der Waals surface area contributed by atoms with E-state index >= 15 is 0 Å². The minimum atomic E-state index is -4.48. The van der Waals surface area contributed by atoms with Crippen molar-refractivity contribution in [1.82, 2.24) is 5.32 Å². The van der Waals surface area contributed by atoms with Crippen LogP contribution < -0.4 is 10.6 Å². The van der Waals surface area contributed by atoms with Gasteiger partial charge in [0.2, 0.25) is 0 Å². The van der Waals surface area contributed by atoms with Gasteiger partial charge in [-0.15, -0.1) is 0 Å². The lowest BCUT2D eigenvalue weighted by atomic mass is 10.2. The summed E-state index contributed by atoms with van der Waals surface area (Å²) in [6, 6.07) is 3.59.